The van der Waals surface area contributed by atoms with Crippen molar-refractivity contribution in [2.75, 3.05) is 65.9 Å². The van der Waals surface area contributed by atoms with E-state index in [9.17, 15) is 14.4 Å². The average Bonchev–Trinajstić information content (AvgIpc) is 3.58. The highest BCUT2D eigenvalue weighted by Crippen LogP contribution is 2.33. The van der Waals surface area contributed by atoms with Gasteiger partial charge in [-0.25, -0.2) is 4.79 Å². The Balaban J connectivity index is 1.47. The average molecular weight is 545 g/mol. The van der Waals surface area contributed by atoms with Gasteiger partial charge in [0.25, 0.3) is 0 Å². The first-order valence-corrected chi connectivity index (χ1v) is 13.1. The predicted octanol–water partition coefficient (Wildman–Crippen LogP) is 1.75. The van der Waals surface area contributed by atoms with Gasteiger partial charge in [0.15, 0.2) is 11.5 Å². The van der Waals surface area contributed by atoms with Crippen LogP contribution in [0.2, 0.25) is 0 Å². The number of nitrogens with one attached hydrogen (secondary N) is 1. The summed E-state index contributed by atoms with van der Waals surface area (Å²) in [7, 11) is 0. The first kappa shape index (κ1) is 28.2. The zero-order valence-electron chi connectivity index (χ0n) is 22.5. The molecule has 39 heavy (non-hydrogen) atoms. The van der Waals surface area contributed by atoms with Crippen LogP contribution in [-0.2, 0) is 32.2 Å². The van der Waals surface area contributed by atoms with Crippen molar-refractivity contribution < 1.29 is 37.7 Å². The molecular weight excluding hydrogens is 508 g/mol. The molecule has 0 atom stereocenters. The van der Waals surface area contributed by atoms with Gasteiger partial charge >= 0.3 is 12.0 Å². The molecular formula is C27H36N4O8. The second-order valence-electron chi connectivity index (χ2n) is 9.29. The third-order valence-electron chi connectivity index (χ3n) is 6.40. The van der Waals surface area contributed by atoms with Gasteiger partial charge in [0.2, 0.25) is 12.7 Å². The summed E-state index contributed by atoms with van der Waals surface area (Å²) >= 11 is 0. The molecule has 12 heteroatoms. The van der Waals surface area contributed by atoms with Crippen LogP contribution in [0.15, 0.2) is 34.7 Å². The zero-order chi connectivity index (χ0) is 27.6. The molecule has 212 valence electrons. The summed E-state index contributed by atoms with van der Waals surface area (Å²) in [5.41, 5.74) is 0.850. The van der Waals surface area contributed by atoms with E-state index in [2.05, 4.69) is 10.2 Å². The van der Waals surface area contributed by atoms with Gasteiger partial charge in [-0.15, -0.1) is 0 Å². The van der Waals surface area contributed by atoms with Gasteiger partial charge in [-0.2, -0.15) is 0 Å². The Kier molecular flexibility index (Phi) is 10.0. The summed E-state index contributed by atoms with van der Waals surface area (Å²) in [4.78, 5) is 43.8. The Morgan fingerprint density at radius 2 is 1.82 bits per heavy atom. The zero-order valence-corrected chi connectivity index (χ0v) is 22.5. The fourth-order valence-electron chi connectivity index (χ4n) is 4.32. The Hall–Kier alpha value is -3.77. The lowest BCUT2D eigenvalue weighted by atomic mass is 10.2. The van der Waals surface area contributed by atoms with Crippen LogP contribution >= 0.6 is 0 Å². The first-order chi connectivity index (χ1) is 18.9. The third-order valence-corrected chi connectivity index (χ3v) is 6.40. The molecule has 0 saturated carbocycles. The second-order valence-corrected chi connectivity index (χ2v) is 9.29. The largest absolute Gasteiger partial charge is 0.465 e. The summed E-state index contributed by atoms with van der Waals surface area (Å²) in [5.74, 6) is 1.85. The van der Waals surface area contributed by atoms with E-state index in [0.717, 1.165) is 24.4 Å². The molecule has 1 aromatic carbocycles. The van der Waals surface area contributed by atoms with E-state index >= 15 is 0 Å². The molecule has 1 fully saturated rings. The van der Waals surface area contributed by atoms with Gasteiger partial charge in [0, 0.05) is 32.7 Å². The molecule has 3 heterocycles. The fourth-order valence-corrected chi connectivity index (χ4v) is 4.32. The number of carbonyl (C=O) groups excluding carboxylic acids is 3. The lowest BCUT2D eigenvalue weighted by molar-refractivity contribution is -0.141. The minimum Gasteiger partial charge on any atom is -0.465 e. The molecule has 0 unspecified atom stereocenters. The minimum atomic E-state index is -0.539. The summed E-state index contributed by atoms with van der Waals surface area (Å²) in [5, 5.41) is 2.58. The van der Waals surface area contributed by atoms with Crippen LogP contribution in [0.4, 0.5) is 4.79 Å². The van der Waals surface area contributed by atoms with Crippen molar-refractivity contribution in [3.05, 3.63) is 47.4 Å². The molecule has 2 aromatic rings. The first-order valence-electron chi connectivity index (χ1n) is 13.1. The van der Waals surface area contributed by atoms with Gasteiger partial charge in [0.1, 0.15) is 24.6 Å². The molecule has 2 aliphatic rings. The van der Waals surface area contributed by atoms with Gasteiger partial charge < -0.3 is 38.5 Å². The van der Waals surface area contributed by atoms with Crippen LogP contribution in [0.3, 0.4) is 0 Å². The van der Waals surface area contributed by atoms with Crippen LogP contribution in [0.5, 0.6) is 11.5 Å². The van der Waals surface area contributed by atoms with E-state index in [4.69, 9.17) is 23.4 Å². The molecule has 1 N–H and O–H groups in total. The smallest absolute Gasteiger partial charge is 0.325 e. The number of benzene rings is 1. The Morgan fingerprint density at radius 3 is 2.56 bits per heavy atom. The highest BCUT2D eigenvalue weighted by atomic mass is 16.7. The summed E-state index contributed by atoms with van der Waals surface area (Å²) < 4.78 is 27.0. The van der Waals surface area contributed by atoms with Gasteiger partial charge in [-0.3, -0.25) is 14.5 Å². The maximum atomic E-state index is 13.7. The highest BCUT2D eigenvalue weighted by Gasteiger charge is 2.25. The number of rotatable bonds is 12. The summed E-state index contributed by atoms with van der Waals surface area (Å²) in [6, 6.07) is 8.70. The van der Waals surface area contributed by atoms with Gasteiger partial charge in [0.05, 0.1) is 26.4 Å². The maximum Gasteiger partial charge on any atom is 0.325 e. The standard InChI is InChI=1S/C27H36N4O8/c1-3-36-26(33)15-28-27(34)30(9-8-29-10-12-35-13-11-29)18-25(32)31(17-22-6-4-20(2)39-22)16-21-5-7-23-24(14-21)38-19-37-23/h4-7,14H,3,8-13,15-19H2,1-2H3,(H,28,34). The Labute approximate surface area is 227 Å². The van der Waals surface area contributed by atoms with Gasteiger partial charge in [-0.05, 0) is 43.7 Å². The van der Waals surface area contributed by atoms with Crippen molar-refractivity contribution in [1.82, 2.24) is 20.0 Å². The van der Waals surface area contributed by atoms with Crippen molar-refractivity contribution in [3.63, 3.8) is 0 Å². The molecule has 2 aliphatic heterocycles. The molecule has 0 bridgehead atoms. The van der Waals surface area contributed by atoms with E-state index in [1.165, 1.54) is 4.90 Å². The van der Waals surface area contributed by atoms with Crippen LogP contribution in [0, 0.1) is 6.92 Å². The molecule has 0 radical (unpaired) electrons. The van der Waals surface area contributed by atoms with Gasteiger partial charge in [-0.1, -0.05) is 6.07 Å². The normalized spacial score (nSPS) is 14.6. The monoisotopic (exact) mass is 544 g/mol. The molecule has 1 saturated heterocycles. The Morgan fingerprint density at radius 1 is 1.03 bits per heavy atom. The number of furan rings is 1. The van der Waals surface area contributed by atoms with Crippen LogP contribution in [-0.4, -0.2) is 98.5 Å². The van der Waals surface area contributed by atoms with E-state index in [1.807, 2.05) is 37.3 Å². The number of urea groups is 1. The lowest BCUT2D eigenvalue weighted by Crippen LogP contribution is -2.50. The van der Waals surface area contributed by atoms with Crippen LogP contribution in [0.1, 0.15) is 24.0 Å². The molecule has 1 aromatic heterocycles. The molecule has 0 aliphatic carbocycles. The molecule has 3 amide bonds. The van der Waals surface area contributed by atoms with E-state index in [-0.39, 0.29) is 45.5 Å². The third kappa shape index (κ3) is 8.36. The SMILES string of the molecule is CCOC(=O)CNC(=O)N(CCN1CCOCC1)CC(=O)N(Cc1ccc2c(c1)OCO2)Cc1ccc(C)o1. The molecule has 4 rings (SSSR count). The number of amides is 3. The van der Waals surface area contributed by atoms with Crippen LogP contribution in [0.25, 0.3) is 0 Å². The fraction of sp³-hybridized carbons (Fsp3) is 0.519. The van der Waals surface area contributed by atoms with Crippen molar-refractivity contribution in [2.45, 2.75) is 26.9 Å². The molecule has 0 spiro atoms. The van der Waals surface area contributed by atoms with E-state index in [0.29, 0.717) is 43.6 Å². The minimum absolute atomic E-state index is 0.159. The van der Waals surface area contributed by atoms with E-state index < -0.39 is 12.0 Å². The van der Waals surface area contributed by atoms with E-state index in [1.54, 1.807) is 11.8 Å². The number of carbonyl (C=O) groups is 3. The number of hydrogen-bond donors (Lipinski definition) is 1. The summed E-state index contributed by atoms with van der Waals surface area (Å²) in [6.45, 7) is 7.59. The number of nitrogens with zero attached hydrogens (tertiary/aromatic N) is 3. The predicted molar refractivity (Wildman–Crippen MR) is 139 cm³/mol. The summed E-state index contributed by atoms with van der Waals surface area (Å²) in [6.07, 6.45) is 0. The number of fused-ring (bicyclic) bond motifs is 1. The number of hydrogen-bond acceptors (Lipinski definition) is 9. The molecule has 12 nitrogen and oxygen atoms in total. The number of aryl methyl sites for hydroxylation is 1. The number of ether oxygens (including phenoxy) is 4. The second kappa shape index (κ2) is 13.9. The van der Waals surface area contributed by atoms with Crippen molar-refractivity contribution in [1.29, 1.82) is 0 Å². The van der Waals surface area contributed by atoms with Crippen molar-refractivity contribution in [3.8, 4) is 11.5 Å². The Bertz CT molecular complexity index is 1130. The van der Waals surface area contributed by atoms with Crippen molar-refractivity contribution in [2.24, 2.45) is 0 Å². The lowest BCUT2D eigenvalue weighted by Gasteiger charge is -2.31. The number of esters is 1. The van der Waals surface area contributed by atoms with Crippen LogP contribution < -0.4 is 14.8 Å². The topological polar surface area (TPSA) is 123 Å². The quantitative estimate of drug-likeness (QED) is 0.398. The van der Waals surface area contributed by atoms with Crippen molar-refractivity contribution >= 4 is 17.9 Å². The maximum absolute atomic E-state index is 13.7. The number of morpholine rings is 1. The highest BCUT2D eigenvalue weighted by molar-refractivity contribution is 5.86.